The fourth-order valence-corrected chi connectivity index (χ4v) is 4.96. The molecule has 0 spiro atoms. The van der Waals surface area contributed by atoms with Gasteiger partial charge in [0, 0.05) is 16.3 Å². The van der Waals surface area contributed by atoms with E-state index in [4.69, 9.17) is 0 Å². The van der Waals surface area contributed by atoms with Gasteiger partial charge in [-0.25, -0.2) is 4.79 Å². The Hall–Kier alpha value is -1.65. The molecule has 0 atom stereocenters. The molecule has 0 bridgehead atoms. The van der Waals surface area contributed by atoms with Gasteiger partial charge >= 0.3 is 5.97 Å². The largest absolute Gasteiger partial charge is 0.478 e. The summed E-state index contributed by atoms with van der Waals surface area (Å²) in [5.41, 5.74) is 3.21. The fourth-order valence-electron chi connectivity index (χ4n) is 3.60. The lowest BCUT2D eigenvalue weighted by molar-refractivity contribution is 0.0694. The van der Waals surface area contributed by atoms with E-state index in [9.17, 15) is 9.90 Å². The SMILES string of the molecule is CC1(C)CCc2sc(CCCNCc3ccccc3)c(C(=O)O)c2C1. The van der Waals surface area contributed by atoms with Crippen LogP contribution in [0.25, 0.3) is 0 Å². The zero-order valence-corrected chi connectivity index (χ0v) is 15.9. The Balaban J connectivity index is 1.59. The van der Waals surface area contributed by atoms with E-state index in [1.165, 1.54) is 10.4 Å². The molecule has 0 fully saturated rings. The first-order chi connectivity index (χ1) is 12.0. The first-order valence-corrected chi connectivity index (χ1v) is 9.89. The molecule has 0 saturated carbocycles. The Morgan fingerprint density at radius 2 is 2.04 bits per heavy atom. The summed E-state index contributed by atoms with van der Waals surface area (Å²) in [4.78, 5) is 14.2. The number of hydrogen-bond donors (Lipinski definition) is 2. The molecule has 3 nitrogen and oxygen atoms in total. The Bertz CT molecular complexity index is 734. The molecular weight excluding hydrogens is 330 g/mol. The lowest BCUT2D eigenvalue weighted by Crippen LogP contribution is -2.22. The fraction of sp³-hybridized carbons (Fsp3) is 0.476. The predicted octanol–water partition coefficient (Wildman–Crippen LogP) is 4.68. The first kappa shape index (κ1) is 18.2. The second-order valence-corrected chi connectivity index (χ2v) is 8.90. The van der Waals surface area contributed by atoms with Gasteiger partial charge in [-0.3, -0.25) is 0 Å². The van der Waals surface area contributed by atoms with Gasteiger partial charge in [0.1, 0.15) is 0 Å². The van der Waals surface area contributed by atoms with Gasteiger partial charge < -0.3 is 10.4 Å². The second-order valence-electron chi connectivity index (χ2n) is 7.71. The number of thiophene rings is 1. The lowest BCUT2D eigenvalue weighted by atomic mass is 9.76. The molecule has 1 heterocycles. The summed E-state index contributed by atoms with van der Waals surface area (Å²) in [5, 5.41) is 13.2. The van der Waals surface area contributed by atoms with Crippen LogP contribution in [-0.4, -0.2) is 17.6 Å². The van der Waals surface area contributed by atoms with Crippen LogP contribution in [0.5, 0.6) is 0 Å². The molecule has 25 heavy (non-hydrogen) atoms. The van der Waals surface area contributed by atoms with Crippen molar-refractivity contribution >= 4 is 17.3 Å². The summed E-state index contributed by atoms with van der Waals surface area (Å²) in [6.45, 7) is 6.25. The molecule has 0 saturated heterocycles. The van der Waals surface area contributed by atoms with E-state index in [-0.39, 0.29) is 5.41 Å². The smallest absolute Gasteiger partial charge is 0.337 e. The maximum atomic E-state index is 11.8. The zero-order chi connectivity index (χ0) is 17.9. The Kier molecular flexibility index (Phi) is 5.60. The zero-order valence-electron chi connectivity index (χ0n) is 15.1. The van der Waals surface area contributed by atoms with Crippen LogP contribution in [0.1, 0.15) is 57.9 Å². The first-order valence-electron chi connectivity index (χ1n) is 9.08. The summed E-state index contributed by atoms with van der Waals surface area (Å²) in [6.07, 6.45) is 4.89. The van der Waals surface area contributed by atoms with Crippen molar-refractivity contribution in [1.29, 1.82) is 0 Å². The molecule has 0 radical (unpaired) electrons. The van der Waals surface area contributed by atoms with Crippen LogP contribution in [-0.2, 0) is 25.8 Å². The third-order valence-corrected chi connectivity index (χ3v) is 6.34. The highest BCUT2D eigenvalue weighted by Crippen LogP contribution is 2.41. The summed E-state index contributed by atoms with van der Waals surface area (Å²) in [6, 6.07) is 10.4. The van der Waals surface area contributed by atoms with Crippen molar-refractivity contribution in [2.24, 2.45) is 5.41 Å². The topological polar surface area (TPSA) is 49.3 Å². The minimum Gasteiger partial charge on any atom is -0.478 e. The number of hydrogen-bond acceptors (Lipinski definition) is 3. The highest BCUT2D eigenvalue weighted by Gasteiger charge is 2.32. The highest BCUT2D eigenvalue weighted by molar-refractivity contribution is 7.12. The van der Waals surface area contributed by atoms with Crippen molar-refractivity contribution in [3.63, 3.8) is 0 Å². The Morgan fingerprint density at radius 3 is 2.76 bits per heavy atom. The van der Waals surface area contributed by atoms with Crippen LogP contribution in [0.2, 0.25) is 0 Å². The minimum atomic E-state index is -0.748. The molecule has 0 amide bonds. The van der Waals surface area contributed by atoms with Crippen molar-refractivity contribution in [3.8, 4) is 0 Å². The lowest BCUT2D eigenvalue weighted by Gasteiger charge is -2.29. The molecule has 2 N–H and O–H groups in total. The van der Waals surface area contributed by atoms with Gasteiger partial charge in [0.05, 0.1) is 5.56 Å². The van der Waals surface area contributed by atoms with Crippen molar-refractivity contribution in [2.75, 3.05) is 6.54 Å². The van der Waals surface area contributed by atoms with Crippen molar-refractivity contribution in [2.45, 2.75) is 52.5 Å². The van der Waals surface area contributed by atoms with Crippen LogP contribution in [0.3, 0.4) is 0 Å². The van der Waals surface area contributed by atoms with E-state index in [1.807, 2.05) is 18.2 Å². The number of carboxylic acids is 1. The molecule has 0 aliphatic heterocycles. The van der Waals surface area contributed by atoms with Gasteiger partial charge in [-0.15, -0.1) is 11.3 Å². The van der Waals surface area contributed by atoms with Crippen LogP contribution in [0.15, 0.2) is 30.3 Å². The average molecular weight is 358 g/mol. The molecule has 4 heteroatoms. The van der Waals surface area contributed by atoms with Gasteiger partial charge in [-0.05, 0) is 55.2 Å². The number of aryl methyl sites for hydroxylation is 2. The molecule has 0 unspecified atom stereocenters. The Labute approximate surface area is 154 Å². The quantitative estimate of drug-likeness (QED) is 0.707. The van der Waals surface area contributed by atoms with Crippen LogP contribution < -0.4 is 5.32 Å². The number of benzene rings is 1. The molecule has 2 aromatic rings. The number of carboxylic acid groups (broad SMARTS) is 1. The highest BCUT2D eigenvalue weighted by atomic mass is 32.1. The molecule has 3 rings (SSSR count). The van der Waals surface area contributed by atoms with E-state index < -0.39 is 5.97 Å². The van der Waals surface area contributed by atoms with Gasteiger partial charge in [0.25, 0.3) is 0 Å². The third-order valence-electron chi connectivity index (χ3n) is 4.99. The molecule has 1 aliphatic rings. The molecule has 1 aromatic carbocycles. The normalized spacial score (nSPS) is 15.8. The second kappa shape index (κ2) is 7.71. The Morgan fingerprint density at radius 1 is 1.28 bits per heavy atom. The van der Waals surface area contributed by atoms with Gasteiger partial charge in [0.2, 0.25) is 0 Å². The molecular formula is C21H27NO2S. The van der Waals surface area contributed by atoms with Gasteiger partial charge in [0.15, 0.2) is 0 Å². The number of fused-ring (bicyclic) bond motifs is 1. The van der Waals surface area contributed by atoms with Crippen molar-refractivity contribution in [1.82, 2.24) is 5.32 Å². The number of carbonyl (C=O) groups is 1. The molecule has 134 valence electrons. The molecule has 1 aromatic heterocycles. The van der Waals surface area contributed by atoms with Crippen LogP contribution in [0.4, 0.5) is 0 Å². The summed E-state index contributed by atoms with van der Waals surface area (Å²) in [7, 11) is 0. The van der Waals surface area contributed by atoms with Crippen LogP contribution in [0, 0.1) is 5.41 Å². The van der Waals surface area contributed by atoms with Crippen molar-refractivity contribution in [3.05, 3.63) is 56.8 Å². The minimum absolute atomic E-state index is 0.215. The van der Waals surface area contributed by atoms with Crippen molar-refractivity contribution < 1.29 is 9.90 Å². The van der Waals surface area contributed by atoms with Gasteiger partial charge in [-0.1, -0.05) is 44.2 Å². The summed E-state index contributed by atoms with van der Waals surface area (Å²) < 4.78 is 0. The maximum Gasteiger partial charge on any atom is 0.337 e. The van der Waals surface area contributed by atoms with Crippen LogP contribution >= 0.6 is 11.3 Å². The monoisotopic (exact) mass is 357 g/mol. The summed E-state index contributed by atoms with van der Waals surface area (Å²) in [5.74, 6) is -0.748. The van der Waals surface area contributed by atoms with E-state index in [1.54, 1.807) is 11.3 Å². The molecule has 1 aliphatic carbocycles. The van der Waals surface area contributed by atoms with E-state index in [0.29, 0.717) is 5.56 Å². The standard InChI is InChI=1S/C21H27NO2S/c1-21(2)11-10-17-16(13-21)19(20(23)24)18(25-17)9-6-12-22-14-15-7-4-3-5-8-15/h3-5,7-8,22H,6,9-14H2,1-2H3,(H,23,24). The van der Waals surface area contributed by atoms with E-state index in [2.05, 4.69) is 31.3 Å². The number of aromatic carboxylic acids is 1. The van der Waals surface area contributed by atoms with Gasteiger partial charge in [-0.2, -0.15) is 0 Å². The number of nitrogens with one attached hydrogen (secondary N) is 1. The summed E-state index contributed by atoms with van der Waals surface area (Å²) >= 11 is 1.74. The third kappa shape index (κ3) is 4.50. The predicted molar refractivity (Wildman–Crippen MR) is 104 cm³/mol. The van der Waals surface area contributed by atoms with E-state index >= 15 is 0 Å². The average Bonchev–Trinajstić information content (AvgIpc) is 2.92. The number of rotatable bonds is 7. The maximum absolute atomic E-state index is 11.8. The van der Waals surface area contributed by atoms with E-state index in [0.717, 1.165) is 55.6 Å².